The van der Waals surface area contributed by atoms with E-state index in [1.54, 1.807) is 24.3 Å². The molecule has 136 valence electrons. The summed E-state index contributed by atoms with van der Waals surface area (Å²) in [6.07, 6.45) is 0. The van der Waals surface area contributed by atoms with E-state index < -0.39 is 10.8 Å². The van der Waals surface area contributed by atoms with Gasteiger partial charge in [-0.1, -0.05) is 36.0 Å². The Morgan fingerprint density at radius 1 is 1.27 bits per heavy atom. The first kappa shape index (κ1) is 19.7. The first-order valence-electron chi connectivity index (χ1n) is 7.17. The molecule has 5 N–H and O–H groups in total. The Hall–Kier alpha value is -2.63. The second kappa shape index (κ2) is 9.17. The molecule has 0 aliphatic carbocycles. The van der Waals surface area contributed by atoms with E-state index in [-0.39, 0.29) is 22.3 Å². The molecule has 0 aliphatic rings. The Bertz CT molecular complexity index is 848. The van der Waals surface area contributed by atoms with E-state index in [1.807, 2.05) is 6.07 Å². The quantitative estimate of drug-likeness (QED) is 0.214. The number of hydrogen-bond donors (Lipinski definition) is 3. The number of nitrogens with zero attached hydrogens (tertiary/aromatic N) is 3. The van der Waals surface area contributed by atoms with Gasteiger partial charge in [0.15, 0.2) is 0 Å². The largest absolute Gasteiger partial charge is 0.321 e. The molecule has 0 saturated heterocycles. The van der Waals surface area contributed by atoms with E-state index in [0.29, 0.717) is 5.69 Å². The molecule has 0 radical (unpaired) electrons. The van der Waals surface area contributed by atoms with Crippen LogP contribution in [0.4, 0.5) is 17.1 Å². The van der Waals surface area contributed by atoms with Crippen molar-refractivity contribution in [3.63, 3.8) is 0 Å². The summed E-state index contributed by atoms with van der Waals surface area (Å²) in [6.45, 7) is 0. The minimum atomic E-state index is -0.565. The van der Waals surface area contributed by atoms with Crippen LogP contribution in [-0.2, 0) is 4.79 Å². The molecule has 0 unspecified atom stereocenters. The number of carbonyl (C=O) groups excluding carboxylic acids is 1. The molecule has 2 aromatic rings. The third-order valence-corrected chi connectivity index (χ3v) is 4.77. The zero-order chi connectivity index (χ0) is 19.1. The Morgan fingerprint density at radius 2 is 1.92 bits per heavy atom. The number of nitro benzene ring substituents is 1. The highest BCUT2D eigenvalue weighted by Crippen LogP contribution is 2.26. The predicted molar refractivity (Wildman–Crippen MR) is 107 cm³/mol. The van der Waals surface area contributed by atoms with Crippen LogP contribution in [0.3, 0.4) is 0 Å². The Morgan fingerprint density at radius 3 is 2.58 bits per heavy atom. The zero-order valence-electron chi connectivity index (χ0n) is 13.3. The summed E-state index contributed by atoms with van der Waals surface area (Å²) in [5.41, 5.74) is 0.542. The van der Waals surface area contributed by atoms with Crippen molar-refractivity contribution in [1.82, 2.24) is 0 Å². The van der Waals surface area contributed by atoms with Crippen molar-refractivity contribution in [2.75, 3.05) is 16.1 Å². The summed E-state index contributed by atoms with van der Waals surface area (Å²) in [4.78, 5) is 22.5. The number of nitrogens with two attached hydrogens (primary N) is 2. The van der Waals surface area contributed by atoms with Crippen molar-refractivity contribution in [3.8, 4) is 0 Å². The lowest BCUT2D eigenvalue weighted by atomic mass is 10.2. The molecule has 1 amide bonds. The number of amidine groups is 1. The summed E-state index contributed by atoms with van der Waals surface area (Å²) in [5.74, 6) is 10.8. The molecular weight excluding hydrogens is 424 g/mol. The van der Waals surface area contributed by atoms with Crippen LogP contribution in [0.15, 0.2) is 58.1 Å². The van der Waals surface area contributed by atoms with Crippen molar-refractivity contribution in [2.45, 2.75) is 0 Å². The Kier molecular flexibility index (Phi) is 6.95. The number of halogens is 1. The third-order valence-electron chi connectivity index (χ3n) is 3.14. The van der Waals surface area contributed by atoms with Gasteiger partial charge < -0.3 is 11.2 Å². The minimum absolute atomic E-state index is 0.0831. The molecule has 0 heterocycles. The van der Waals surface area contributed by atoms with E-state index in [1.165, 1.54) is 23.2 Å². The first-order valence-corrected chi connectivity index (χ1v) is 8.95. The number of rotatable bonds is 5. The number of amides is 1. The highest BCUT2D eigenvalue weighted by molar-refractivity contribution is 9.10. The monoisotopic (exact) mass is 438 g/mol. The van der Waals surface area contributed by atoms with Gasteiger partial charge in [0.25, 0.3) is 5.69 Å². The molecule has 0 aromatic heterocycles. The fourth-order valence-corrected chi connectivity index (χ4v) is 3.09. The molecule has 26 heavy (non-hydrogen) atoms. The number of nitro groups is 1. The SMILES string of the molecule is N/N=C(/SCC(=O)Nc1ccccc1[N+](=O)[O-])N(N)c1ccccc1Br. The second-order valence-electron chi connectivity index (χ2n) is 4.84. The first-order chi connectivity index (χ1) is 12.4. The van der Waals surface area contributed by atoms with E-state index in [4.69, 9.17) is 11.7 Å². The average molecular weight is 439 g/mol. The van der Waals surface area contributed by atoms with Crippen LogP contribution in [-0.4, -0.2) is 21.8 Å². The summed E-state index contributed by atoms with van der Waals surface area (Å²) < 4.78 is 0.730. The molecule has 0 aliphatic heterocycles. The molecular formula is C15H15BrN6O3S. The number of benzene rings is 2. The number of hydrazine groups is 1. The third kappa shape index (κ3) is 4.94. The number of nitrogens with one attached hydrogen (secondary N) is 1. The number of carbonyl (C=O) groups is 1. The normalized spacial score (nSPS) is 11.1. The number of thioether (sulfide) groups is 1. The van der Waals surface area contributed by atoms with Crippen LogP contribution in [0, 0.1) is 10.1 Å². The van der Waals surface area contributed by atoms with E-state index >= 15 is 0 Å². The average Bonchev–Trinajstić information content (AvgIpc) is 2.62. The molecule has 0 saturated carbocycles. The van der Waals surface area contributed by atoms with E-state index in [9.17, 15) is 14.9 Å². The van der Waals surface area contributed by atoms with Crippen molar-refractivity contribution in [3.05, 3.63) is 63.1 Å². The zero-order valence-corrected chi connectivity index (χ0v) is 15.7. The van der Waals surface area contributed by atoms with Crippen molar-refractivity contribution >= 4 is 55.8 Å². The molecule has 9 nitrogen and oxygen atoms in total. The Balaban J connectivity index is 2.02. The van der Waals surface area contributed by atoms with Crippen molar-refractivity contribution in [1.29, 1.82) is 0 Å². The minimum Gasteiger partial charge on any atom is -0.321 e. The summed E-state index contributed by atoms with van der Waals surface area (Å²) in [7, 11) is 0. The number of anilines is 2. The van der Waals surface area contributed by atoms with Gasteiger partial charge in [0, 0.05) is 10.5 Å². The lowest BCUT2D eigenvalue weighted by Crippen LogP contribution is -2.37. The molecule has 11 heteroatoms. The van der Waals surface area contributed by atoms with Gasteiger partial charge in [0.1, 0.15) is 5.69 Å². The standard InChI is InChI=1S/C15H15BrN6O3S/c16-10-5-1-3-7-12(10)21(18)15(20-17)26-9-14(23)19-11-6-2-4-8-13(11)22(24)25/h1-8H,9,17-18H2,(H,19,23)/b20-15+. The van der Waals surface area contributed by atoms with Crippen LogP contribution in [0.1, 0.15) is 0 Å². The van der Waals surface area contributed by atoms with Gasteiger partial charge in [-0.3, -0.25) is 19.9 Å². The van der Waals surface area contributed by atoms with Crippen LogP contribution in [0.2, 0.25) is 0 Å². The van der Waals surface area contributed by atoms with E-state index in [2.05, 4.69) is 26.3 Å². The fraction of sp³-hybridized carbons (Fsp3) is 0.0667. The van der Waals surface area contributed by atoms with Gasteiger partial charge in [-0.2, -0.15) is 5.10 Å². The summed E-state index contributed by atoms with van der Waals surface area (Å²) in [5, 5.41) is 18.5. The molecule has 2 aromatic carbocycles. The topological polar surface area (TPSA) is 140 Å². The van der Waals surface area contributed by atoms with Crippen LogP contribution < -0.4 is 22.0 Å². The Labute approximate surface area is 161 Å². The number of hydrogen-bond acceptors (Lipinski definition) is 7. The smallest absolute Gasteiger partial charge is 0.292 e. The molecule has 0 bridgehead atoms. The van der Waals surface area contributed by atoms with Gasteiger partial charge in [0.05, 0.1) is 16.4 Å². The van der Waals surface area contributed by atoms with Gasteiger partial charge in [-0.05, 0) is 34.1 Å². The van der Waals surface area contributed by atoms with Crippen LogP contribution >= 0.6 is 27.7 Å². The van der Waals surface area contributed by atoms with Gasteiger partial charge in [-0.25, -0.2) is 5.84 Å². The lowest BCUT2D eigenvalue weighted by molar-refractivity contribution is -0.383. The van der Waals surface area contributed by atoms with E-state index in [0.717, 1.165) is 16.2 Å². The van der Waals surface area contributed by atoms with Crippen LogP contribution in [0.25, 0.3) is 0 Å². The fourth-order valence-electron chi connectivity index (χ4n) is 1.97. The maximum absolute atomic E-state index is 12.1. The lowest BCUT2D eigenvalue weighted by Gasteiger charge is -2.20. The molecule has 0 fully saturated rings. The highest BCUT2D eigenvalue weighted by Gasteiger charge is 2.18. The molecule has 0 spiro atoms. The van der Waals surface area contributed by atoms with Crippen molar-refractivity contribution in [2.24, 2.45) is 16.8 Å². The predicted octanol–water partition coefficient (Wildman–Crippen LogP) is 2.64. The van der Waals surface area contributed by atoms with Gasteiger partial charge in [-0.15, -0.1) is 0 Å². The second-order valence-corrected chi connectivity index (χ2v) is 6.64. The number of para-hydroxylation sites is 3. The van der Waals surface area contributed by atoms with Crippen molar-refractivity contribution < 1.29 is 9.72 Å². The summed E-state index contributed by atoms with van der Waals surface area (Å²) >= 11 is 4.37. The maximum Gasteiger partial charge on any atom is 0.292 e. The van der Waals surface area contributed by atoms with Gasteiger partial charge >= 0.3 is 0 Å². The highest BCUT2D eigenvalue weighted by atomic mass is 79.9. The van der Waals surface area contributed by atoms with Gasteiger partial charge in [0.2, 0.25) is 11.1 Å². The maximum atomic E-state index is 12.1. The summed E-state index contributed by atoms with van der Waals surface area (Å²) in [6, 6.07) is 13.0. The molecule has 0 atom stereocenters. The molecule has 2 rings (SSSR count). The number of hydrazone groups is 1. The van der Waals surface area contributed by atoms with Crippen LogP contribution in [0.5, 0.6) is 0 Å².